The van der Waals surface area contributed by atoms with E-state index in [0.29, 0.717) is 32.3 Å². The summed E-state index contributed by atoms with van der Waals surface area (Å²) in [6, 6.07) is 21.1. The molecule has 0 spiro atoms. The second kappa shape index (κ2) is 10.7. The molecule has 4 rings (SSSR count). The van der Waals surface area contributed by atoms with Crippen molar-refractivity contribution in [2.24, 2.45) is 0 Å². The molecule has 0 fully saturated rings. The lowest BCUT2D eigenvalue weighted by atomic mass is 10.1. The number of hydrogen-bond acceptors (Lipinski definition) is 3. The van der Waals surface area contributed by atoms with Gasteiger partial charge in [0.15, 0.2) is 11.5 Å². The Morgan fingerprint density at radius 3 is 1.24 bits per heavy atom. The molecule has 0 radical (unpaired) electrons. The highest BCUT2D eigenvalue weighted by molar-refractivity contribution is 6.44. The number of ether oxygens (including phenoxy) is 2. The molecule has 0 aliphatic rings. The number of carbonyl (C=O) groups excluding carboxylic acids is 1. The highest BCUT2D eigenvalue weighted by Crippen LogP contribution is 2.47. The van der Waals surface area contributed by atoms with Crippen LogP contribution in [0.25, 0.3) is 22.3 Å². The van der Waals surface area contributed by atoms with Gasteiger partial charge in [-0.05, 0) is 23.3 Å². The third kappa shape index (κ3) is 5.11. The molecule has 0 aliphatic carbocycles. The Morgan fingerprint density at radius 2 is 0.882 bits per heavy atom. The minimum absolute atomic E-state index is 0.0184. The van der Waals surface area contributed by atoms with E-state index in [4.69, 9.17) is 79.1 Å². The molecule has 0 aromatic heterocycles. The van der Waals surface area contributed by atoms with Crippen molar-refractivity contribution in [3.8, 4) is 33.8 Å². The van der Waals surface area contributed by atoms with Crippen LogP contribution < -0.4 is 9.47 Å². The van der Waals surface area contributed by atoms with Gasteiger partial charge in [0, 0.05) is 11.1 Å². The first-order valence-electron chi connectivity index (χ1n) is 9.63. The molecule has 0 unspecified atom stereocenters. The lowest BCUT2D eigenvalue weighted by Crippen LogP contribution is -2.15. The monoisotopic (exact) mass is 570 g/mol. The molecule has 0 bridgehead atoms. The van der Waals surface area contributed by atoms with Gasteiger partial charge in [-0.2, -0.15) is 0 Å². The van der Waals surface area contributed by atoms with Crippen LogP contribution in [0.5, 0.6) is 11.5 Å². The number of halogens is 6. The fraction of sp³-hybridized carbons (Fsp3) is 0. The molecule has 34 heavy (non-hydrogen) atoms. The lowest BCUT2D eigenvalue weighted by molar-refractivity contribution is 0.152. The standard InChI is InChI=1S/C25H12Cl6O3/c26-15-11-17(28)23(21(30)19(15)13-7-3-1-4-8-13)33-25(32)34-24-18(29)12-16(27)20(22(24)31)14-9-5-2-6-10-14/h1-12H. The summed E-state index contributed by atoms with van der Waals surface area (Å²) < 4.78 is 10.7. The number of rotatable bonds is 4. The van der Waals surface area contributed by atoms with E-state index in [2.05, 4.69) is 0 Å². The molecular formula is C25H12Cl6O3. The third-order valence-electron chi connectivity index (χ3n) is 4.75. The molecule has 0 saturated carbocycles. The first-order chi connectivity index (χ1) is 16.3. The van der Waals surface area contributed by atoms with Crippen molar-refractivity contribution >= 4 is 75.8 Å². The average Bonchev–Trinajstić information content (AvgIpc) is 2.80. The first kappa shape index (κ1) is 25.0. The van der Waals surface area contributed by atoms with E-state index < -0.39 is 6.16 Å². The molecule has 0 amide bonds. The van der Waals surface area contributed by atoms with Crippen LogP contribution in [-0.2, 0) is 0 Å². The van der Waals surface area contributed by atoms with E-state index in [1.54, 1.807) is 0 Å². The maximum atomic E-state index is 12.7. The van der Waals surface area contributed by atoms with Crippen LogP contribution in [0.4, 0.5) is 4.79 Å². The fourth-order valence-corrected chi connectivity index (χ4v) is 5.38. The van der Waals surface area contributed by atoms with Gasteiger partial charge in [0.05, 0.1) is 30.1 Å². The van der Waals surface area contributed by atoms with Gasteiger partial charge < -0.3 is 9.47 Å². The highest BCUT2D eigenvalue weighted by Gasteiger charge is 2.24. The largest absolute Gasteiger partial charge is 0.519 e. The van der Waals surface area contributed by atoms with Crippen molar-refractivity contribution in [2.45, 2.75) is 0 Å². The summed E-state index contributed by atoms with van der Waals surface area (Å²) in [5, 5.41) is 0.698. The molecule has 172 valence electrons. The molecule has 4 aromatic carbocycles. The SMILES string of the molecule is O=C(Oc1c(Cl)cc(Cl)c(-c2ccccc2)c1Cl)Oc1c(Cl)cc(Cl)c(-c2ccccc2)c1Cl. The van der Waals surface area contributed by atoms with Gasteiger partial charge in [-0.3, -0.25) is 0 Å². The van der Waals surface area contributed by atoms with Crippen LogP contribution in [0.15, 0.2) is 72.8 Å². The van der Waals surface area contributed by atoms with E-state index in [-0.39, 0.29) is 31.6 Å². The maximum Gasteiger partial charge on any atom is 0.519 e. The molecule has 3 nitrogen and oxygen atoms in total. The first-order valence-corrected chi connectivity index (χ1v) is 11.9. The Bertz CT molecular complexity index is 1270. The zero-order valence-corrected chi connectivity index (χ0v) is 21.5. The van der Waals surface area contributed by atoms with E-state index in [1.165, 1.54) is 12.1 Å². The normalized spacial score (nSPS) is 10.8. The second-order valence-corrected chi connectivity index (χ2v) is 9.29. The zero-order chi connectivity index (χ0) is 24.4. The van der Waals surface area contributed by atoms with Gasteiger partial charge in [0.1, 0.15) is 0 Å². The van der Waals surface area contributed by atoms with E-state index >= 15 is 0 Å². The van der Waals surface area contributed by atoms with Crippen LogP contribution in [0.1, 0.15) is 0 Å². The Hall–Kier alpha value is -2.11. The van der Waals surface area contributed by atoms with Crippen LogP contribution in [0.3, 0.4) is 0 Å². The van der Waals surface area contributed by atoms with Crippen LogP contribution in [0.2, 0.25) is 30.1 Å². The van der Waals surface area contributed by atoms with Crippen LogP contribution in [0, 0.1) is 0 Å². The van der Waals surface area contributed by atoms with E-state index in [1.807, 2.05) is 60.7 Å². The summed E-state index contributed by atoms with van der Waals surface area (Å²) in [5.74, 6) is -0.248. The Morgan fingerprint density at radius 1 is 0.529 bits per heavy atom. The molecule has 0 atom stereocenters. The predicted molar refractivity (Wildman–Crippen MR) is 140 cm³/mol. The number of carbonyl (C=O) groups is 1. The molecule has 0 aliphatic heterocycles. The Balaban J connectivity index is 1.68. The van der Waals surface area contributed by atoms with Crippen molar-refractivity contribution in [3.05, 3.63) is 103 Å². The molecule has 0 heterocycles. The van der Waals surface area contributed by atoms with Gasteiger partial charge in [0.25, 0.3) is 0 Å². The van der Waals surface area contributed by atoms with Gasteiger partial charge in [0.2, 0.25) is 0 Å². The predicted octanol–water partition coefficient (Wildman–Crippen LogP) is 10.5. The van der Waals surface area contributed by atoms with Crippen molar-refractivity contribution in [2.75, 3.05) is 0 Å². The fourth-order valence-electron chi connectivity index (χ4n) is 3.26. The molecule has 0 saturated heterocycles. The summed E-state index contributed by atoms with van der Waals surface area (Å²) in [7, 11) is 0. The van der Waals surface area contributed by atoms with Crippen LogP contribution >= 0.6 is 69.6 Å². The minimum atomic E-state index is -1.16. The van der Waals surface area contributed by atoms with Crippen molar-refractivity contribution in [1.82, 2.24) is 0 Å². The van der Waals surface area contributed by atoms with Crippen molar-refractivity contribution < 1.29 is 14.3 Å². The van der Waals surface area contributed by atoms with E-state index in [0.717, 1.165) is 0 Å². The summed E-state index contributed by atoms with van der Waals surface area (Å²) in [5.41, 5.74) is 2.32. The summed E-state index contributed by atoms with van der Waals surface area (Å²) in [4.78, 5) is 12.7. The molecule has 4 aromatic rings. The van der Waals surface area contributed by atoms with Crippen molar-refractivity contribution in [1.29, 1.82) is 0 Å². The maximum absolute atomic E-state index is 12.7. The topological polar surface area (TPSA) is 35.5 Å². The Kier molecular flexibility index (Phi) is 7.83. The smallest absolute Gasteiger partial charge is 0.391 e. The average molecular weight is 573 g/mol. The summed E-state index contributed by atoms with van der Waals surface area (Å²) in [6.07, 6.45) is -1.16. The second-order valence-electron chi connectivity index (χ2n) is 6.90. The van der Waals surface area contributed by atoms with E-state index in [9.17, 15) is 4.79 Å². The number of hydrogen-bond donors (Lipinski definition) is 0. The van der Waals surface area contributed by atoms with Gasteiger partial charge in [-0.25, -0.2) is 4.79 Å². The zero-order valence-electron chi connectivity index (χ0n) is 16.9. The van der Waals surface area contributed by atoms with Gasteiger partial charge in [-0.1, -0.05) is 130 Å². The van der Waals surface area contributed by atoms with Crippen molar-refractivity contribution in [3.63, 3.8) is 0 Å². The molecule has 9 heteroatoms. The minimum Gasteiger partial charge on any atom is -0.391 e. The van der Waals surface area contributed by atoms with Gasteiger partial charge in [-0.15, -0.1) is 0 Å². The Labute approximate surface area is 225 Å². The molecular weight excluding hydrogens is 561 g/mol. The highest BCUT2D eigenvalue weighted by atomic mass is 35.5. The molecule has 0 N–H and O–H groups in total. The quantitative estimate of drug-likeness (QED) is 0.180. The summed E-state index contributed by atoms with van der Waals surface area (Å²) in [6.45, 7) is 0. The number of benzene rings is 4. The van der Waals surface area contributed by atoms with Gasteiger partial charge >= 0.3 is 6.16 Å². The third-order valence-corrected chi connectivity index (χ3v) is 6.63. The summed E-state index contributed by atoms with van der Waals surface area (Å²) >= 11 is 38.3. The lowest BCUT2D eigenvalue weighted by Gasteiger charge is -2.16. The van der Waals surface area contributed by atoms with Crippen LogP contribution in [-0.4, -0.2) is 6.16 Å².